The predicted octanol–water partition coefficient (Wildman–Crippen LogP) is 0.128. The van der Waals surface area contributed by atoms with Gasteiger partial charge < -0.3 is 19.3 Å². The average Bonchev–Trinajstić information content (AvgIpc) is 2.03. The van der Waals surface area contributed by atoms with Gasteiger partial charge in [0.15, 0.2) is 0 Å². The van der Waals surface area contributed by atoms with Gasteiger partial charge in [0.05, 0.1) is 19.5 Å². The molecule has 0 aliphatic carbocycles. The van der Waals surface area contributed by atoms with Crippen molar-refractivity contribution >= 4 is 0 Å². The first kappa shape index (κ1) is 10.4. The Morgan fingerprint density at radius 2 is 2.36 bits per heavy atom. The van der Waals surface area contributed by atoms with Crippen molar-refractivity contribution in [3.63, 3.8) is 0 Å². The van der Waals surface area contributed by atoms with E-state index in [9.17, 15) is 0 Å². The molecular formula is C7H14O4. The van der Waals surface area contributed by atoms with E-state index in [2.05, 4.69) is 6.58 Å². The highest BCUT2D eigenvalue weighted by Gasteiger charge is 2.04. The fraction of sp³-hybridized carbons (Fsp3) is 0.714. The third-order valence-electron chi connectivity index (χ3n) is 1.00. The summed E-state index contributed by atoms with van der Waals surface area (Å²) in [7, 11) is 1.51. The van der Waals surface area contributed by atoms with Gasteiger partial charge in [0.2, 0.25) is 6.29 Å². The molecule has 0 aliphatic rings. The highest BCUT2D eigenvalue weighted by atomic mass is 16.7. The van der Waals surface area contributed by atoms with Crippen molar-refractivity contribution in [2.45, 2.75) is 6.29 Å². The topological polar surface area (TPSA) is 47.9 Å². The maximum Gasteiger partial charge on any atom is 0.222 e. The molecule has 66 valence electrons. The highest BCUT2D eigenvalue weighted by Crippen LogP contribution is 1.93. The summed E-state index contributed by atoms with van der Waals surface area (Å²) in [6.45, 7) is 3.96. The van der Waals surface area contributed by atoms with Gasteiger partial charge >= 0.3 is 0 Å². The van der Waals surface area contributed by atoms with Crippen molar-refractivity contribution in [3.05, 3.63) is 12.8 Å². The lowest BCUT2D eigenvalue weighted by atomic mass is 10.6. The Balaban J connectivity index is 3.27. The molecule has 0 rings (SSSR count). The van der Waals surface area contributed by atoms with Gasteiger partial charge in [-0.05, 0) is 0 Å². The van der Waals surface area contributed by atoms with Gasteiger partial charge in [-0.25, -0.2) is 0 Å². The van der Waals surface area contributed by atoms with Crippen molar-refractivity contribution in [1.82, 2.24) is 0 Å². The molecule has 4 nitrogen and oxygen atoms in total. The molecule has 0 aromatic rings. The normalized spacial score (nSPS) is 12.5. The predicted molar refractivity (Wildman–Crippen MR) is 40.0 cm³/mol. The van der Waals surface area contributed by atoms with Crippen molar-refractivity contribution in [2.75, 3.05) is 26.9 Å². The van der Waals surface area contributed by atoms with Crippen LogP contribution in [0.3, 0.4) is 0 Å². The zero-order chi connectivity index (χ0) is 8.53. The average molecular weight is 162 g/mol. The molecule has 11 heavy (non-hydrogen) atoms. The van der Waals surface area contributed by atoms with Gasteiger partial charge in [0, 0.05) is 7.11 Å². The van der Waals surface area contributed by atoms with Crippen molar-refractivity contribution < 1.29 is 19.3 Å². The third-order valence-corrected chi connectivity index (χ3v) is 1.00. The number of rotatable bonds is 7. The molecule has 0 spiro atoms. The Hall–Kier alpha value is -0.580. The zero-order valence-electron chi connectivity index (χ0n) is 6.66. The first-order valence-corrected chi connectivity index (χ1v) is 3.33. The van der Waals surface area contributed by atoms with Crippen LogP contribution in [0.1, 0.15) is 0 Å². The molecular weight excluding hydrogens is 148 g/mol. The first-order valence-electron chi connectivity index (χ1n) is 3.33. The second-order valence-corrected chi connectivity index (χ2v) is 1.77. The summed E-state index contributed by atoms with van der Waals surface area (Å²) >= 11 is 0. The Bertz CT molecular complexity index is 94.4. The SMILES string of the molecule is C=COC(COCCO)OC. The number of aliphatic hydroxyl groups is 1. The summed E-state index contributed by atoms with van der Waals surface area (Å²) in [5.74, 6) is 0. The van der Waals surface area contributed by atoms with Crippen LogP contribution in [0.4, 0.5) is 0 Å². The van der Waals surface area contributed by atoms with E-state index in [0.29, 0.717) is 13.2 Å². The van der Waals surface area contributed by atoms with Crippen LogP contribution in [0.15, 0.2) is 12.8 Å². The molecule has 1 atom stereocenters. The number of aliphatic hydroxyl groups excluding tert-OH is 1. The fourth-order valence-electron chi connectivity index (χ4n) is 0.514. The van der Waals surface area contributed by atoms with E-state index in [1.54, 1.807) is 0 Å². The number of hydrogen-bond acceptors (Lipinski definition) is 4. The Kier molecular flexibility index (Phi) is 7.13. The minimum absolute atomic E-state index is 0.00449. The van der Waals surface area contributed by atoms with Crippen LogP contribution in [0, 0.1) is 0 Å². The second-order valence-electron chi connectivity index (χ2n) is 1.77. The Morgan fingerprint density at radius 3 is 2.82 bits per heavy atom. The summed E-state index contributed by atoms with van der Waals surface area (Å²) in [6.07, 6.45) is 0.857. The van der Waals surface area contributed by atoms with Crippen LogP contribution in [0.25, 0.3) is 0 Å². The largest absolute Gasteiger partial charge is 0.471 e. The van der Waals surface area contributed by atoms with Gasteiger partial charge in [-0.2, -0.15) is 0 Å². The molecule has 0 aromatic heterocycles. The van der Waals surface area contributed by atoms with Crippen LogP contribution in [0.5, 0.6) is 0 Å². The number of ether oxygens (including phenoxy) is 3. The molecule has 1 unspecified atom stereocenters. The van der Waals surface area contributed by atoms with Gasteiger partial charge in [-0.1, -0.05) is 6.58 Å². The van der Waals surface area contributed by atoms with Crippen molar-refractivity contribution in [2.24, 2.45) is 0 Å². The Morgan fingerprint density at radius 1 is 1.64 bits per heavy atom. The minimum Gasteiger partial charge on any atom is -0.471 e. The van der Waals surface area contributed by atoms with Gasteiger partial charge in [-0.15, -0.1) is 0 Å². The minimum atomic E-state index is -0.431. The molecule has 0 amide bonds. The maximum atomic E-state index is 8.35. The maximum absolute atomic E-state index is 8.35. The molecule has 1 N–H and O–H groups in total. The molecule has 0 fully saturated rings. The lowest BCUT2D eigenvalue weighted by molar-refractivity contribution is -0.126. The van der Waals surface area contributed by atoms with Crippen molar-refractivity contribution in [3.8, 4) is 0 Å². The molecule has 0 aromatic carbocycles. The van der Waals surface area contributed by atoms with Crippen LogP contribution >= 0.6 is 0 Å². The van der Waals surface area contributed by atoms with Crippen molar-refractivity contribution in [1.29, 1.82) is 0 Å². The lowest BCUT2D eigenvalue weighted by Gasteiger charge is -2.13. The van der Waals surface area contributed by atoms with Crippen LogP contribution in [-0.2, 0) is 14.2 Å². The summed E-state index contributed by atoms with van der Waals surface area (Å²) in [4.78, 5) is 0. The van der Waals surface area contributed by atoms with Gasteiger partial charge in [-0.3, -0.25) is 0 Å². The monoisotopic (exact) mass is 162 g/mol. The molecule has 0 saturated carbocycles. The smallest absolute Gasteiger partial charge is 0.222 e. The van der Waals surface area contributed by atoms with Crippen LogP contribution in [-0.4, -0.2) is 38.3 Å². The molecule has 0 radical (unpaired) electrons. The van der Waals surface area contributed by atoms with E-state index in [4.69, 9.17) is 19.3 Å². The van der Waals surface area contributed by atoms with E-state index >= 15 is 0 Å². The highest BCUT2D eigenvalue weighted by molar-refractivity contribution is 4.52. The van der Waals surface area contributed by atoms with E-state index in [-0.39, 0.29) is 6.61 Å². The zero-order valence-corrected chi connectivity index (χ0v) is 6.66. The summed E-state index contributed by atoms with van der Waals surface area (Å²) in [5, 5.41) is 8.35. The molecule has 4 heteroatoms. The quantitative estimate of drug-likeness (QED) is 0.328. The molecule has 0 saturated heterocycles. The van der Waals surface area contributed by atoms with E-state index in [0.717, 1.165) is 0 Å². The Labute approximate surface area is 66.4 Å². The standard InChI is InChI=1S/C7H14O4/c1-3-11-7(9-2)6-10-5-4-8/h3,7-8H,1,4-6H2,2H3. The summed E-state index contributed by atoms with van der Waals surface area (Å²) in [6, 6.07) is 0. The summed E-state index contributed by atoms with van der Waals surface area (Å²) in [5.41, 5.74) is 0. The number of methoxy groups -OCH3 is 1. The molecule has 0 aliphatic heterocycles. The third kappa shape index (κ3) is 5.84. The van der Waals surface area contributed by atoms with Crippen LogP contribution in [0.2, 0.25) is 0 Å². The summed E-state index contributed by atoms with van der Waals surface area (Å²) < 4.78 is 14.7. The van der Waals surface area contributed by atoms with Crippen LogP contribution < -0.4 is 0 Å². The fourth-order valence-corrected chi connectivity index (χ4v) is 0.514. The van der Waals surface area contributed by atoms with E-state index in [1.807, 2.05) is 0 Å². The second kappa shape index (κ2) is 7.53. The van der Waals surface area contributed by atoms with Gasteiger partial charge in [0.1, 0.15) is 6.61 Å². The van der Waals surface area contributed by atoms with E-state index in [1.165, 1.54) is 13.4 Å². The van der Waals surface area contributed by atoms with Gasteiger partial charge in [0.25, 0.3) is 0 Å². The first-order chi connectivity index (χ1) is 5.35. The molecule has 0 heterocycles. The lowest BCUT2D eigenvalue weighted by Crippen LogP contribution is -2.20. The molecule has 0 bridgehead atoms. The number of hydrogen-bond donors (Lipinski definition) is 1. The van der Waals surface area contributed by atoms with E-state index < -0.39 is 6.29 Å².